The summed E-state index contributed by atoms with van der Waals surface area (Å²) in [6, 6.07) is 16.5. The molecule has 2 heterocycles. The van der Waals surface area contributed by atoms with E-state index in [4.69, 9.17) is 14.4 Å². The Labute approximate surface area is 168 Å². The summed E-state index contributed by atoms with van der Waals surface area (Å²) in [5.41, 5.74) is 0.454. The molecule has 0 fully saturated rings. The summed E-state index contributed by atoms with van der Waals surface area (Å²) in [5, 5.41) is 14.0. The summed E-state index contributed by atoms with van der Waals surface area (Å²) >= 11 is 1.66. The number of nitrogens with one attached hydrogen (secondary N) is 1. The molecular formula is C21H21N3O3S. The molecule has 1 atom stereocenters. The van der Waals surface area contributed by atoms with Crippen molar-refractivity contribution in [3.8, 4) is 11.8 Å². The van der Waals surface area contributed by atoms with Crippen molar-refractivity contribution in [3.63, 3.8) is 0 Å². The SMILES string of the molecule is CN(C)C(CNC(=O)c1ccc(COc2ccccc2C#N)o1)c1cccs1. The van der Waals surface area contributed by atoms with Gasteiger partial charge < -0.3 is 19.4 Å². The van der Waals surface area contributed by atoms with Crippen LogP contribution in [0.3, 0.4) is 0 Å². The number of ether oxygens (including phenoxy) is 1. The van der Waals surface area contributed by atoms with Crippen LogP contribution in [0.2, 0.25) is 0 Å². The normalized spacial score (nSPS) is 11.8. The molecule has 0 aliphatic rings. The van der Waals surface area contributed by atoms with Gasteiger partial charge in [0.05, 0.1) is 11.6 Å². The Morgan fingerprint density at radius 3 is 2.79 bits per heavy atom. The molecule has 0 saturated heterocycles. The zero-order valence-electron chi connectivity index (χ0n) is 15.7. The number of rotatable bonds is 8. The maximum atomic E-state index is 12.4. The van der Waals surface area contributed by atoms with Gasteiger partial charge in [-0.05, 0) is 49.8 Å². The van der Waals surface area contributed by atoms with Gasteiger partial charge in [0.15, 0.2) is 5.76 Å². The molecular weight excluding hydrogens is 374 g/mol. The van der Waals surface area contributed by atoms with E-state index in [2.05, 4.69) is 22.4 Å². The van der Waals surface area contributed by atoms with Crippen LogP contribution in [0.15, 0.2) is 58.3 Å². The summed E-state index contributed by atoms with van der Waals surface area (Å²) in [4.78, 5) is 15.7. The van der Waals surface area contributed by atoms with E-state index in [1.165, 1.54) is 4.88 Å². The highest BCUT2D eigenvalue weighted by molar-refractivity contribution is 7.10. The standard InChI is InChI=1S/C21H21N3O3S/c1-24(2)17(20-8-5-11-28-20)13-23-21(25)19-10-9-16(27-19)14-26-18-7-4-3-6-15(18)12-22/h3-11,17H,13-14H2,1-2H3,(H,23,25). The van der Waals surface area contributed by atoms with E-state index in [-0.39, 0.29) is 24.3 Å². The summed E-state index contributed by atoms with van der Waals surface area (Å²) < 4.78 is 11.2. The molecule has 0 aliphatic carbocycles. The fourth-order valence-electron chi connectivity index (χ4n) is 2.71. The van der Waals surface area contributed by atoms with Gasteiger partial charge in [-0.3, -0.25) is 4.79 Å². The van der Waals surface area contributed by atoms with Crippen LogP contribution >= 0.6 is 11.3 Å². The Morgan fingerprint density at radius 1 is 1.25 bits per heavy atom. The number of nitrogens with zero attached hydrogens (tertiary/aromatic N) is 2. The second-order valence-electron chi connectivity index (χ2n) is 6.37. The van der Waals surface area contributed by atoms with E-state index in [1.807, 2.05) is 25.5 Å². The molecule has 2 aromatic heterocycles. The van der Waals surface area contributed by atoms with Gasteiger partial charge in [-0.25, -0.2) is 0 Å². The zero-order valence-corrected chi connectivity index (χ0v) is 16.5. The molecule has 1 N–H and O–H groups in total. The molecule has 3 aromatic rings. The molecule has 0 aliphatic heterocycles. The molecule has 1 unspecified atom stereocenters. The number of para-hydroxylation sites is 1. The van der Waals surface area contributed by atoms with Gasteiger partial charge in [0.1, 0.15) is 24.2 Å². The quantitative estimate of drug-likeness (QED) is 0.627. The van der Waals surface area contributed by atoms with Crippen molar-refractivity contribution in [3.05, 3.63) is 75.9 Å². The van der Waals surface area contributed by atoms with E-state index in [0.717, 1.165) is 0 Å². The lowest BCUT2D eigenvalue weighted by atomic mass is 10.2. The van der Waals surface area contributed by atoms with E-state index in [0.29, 0.717) is 23.6 Å². The fourth-order valence-corrected chi connectivity index (χ4v) is 3.63. The summed E-state index contributed by atoms with van der Waals surface area (Å²) in [6.07, 6.45) is 0. The summed E-state index contributed by atoms with van der Waals surface area (Å²) in [7, 11) is 3.97. The predicted molar refractivity (Wildman–Crippen MR) is 107 cm³/mol. The second-order valence-corrected chi connectivity index (χ2v) is 7.35. The molecule has 0 radical (unpaired) electrons. The third-order valence-corrected chi connectivity index (χ3v) is 5.19. The van der Waals surface area contributed by atoms with Gasteiger partial charge in [-0.15, -0.1) is 11.3 Å². The number of carbonyl (C=O) groups is 1. The Hall–Kier alpha value is -3.08. The fraction of sp³-hybridized carbons (Fsp3) is 0.238. The van der Waals surface area contributed by atoms with E-state index in [9.17, 15) is 4.79 Å². The van der Waals surface area contributed by atoms with Crippen LogP contribution in [0.1, 0.15) is 32.8 Å². The van der Waals surface area contributed by atoms with Gasteiger partial charge in [-0.2, -0.15) is 5.26 Å². The number of carbonyl (C=O) groups excluding carboxylic acids is 1. The number of nitriles is 1. The number of hydrogen-bond acceptors (Lipinski definition) is 6. The smallest absolute Gasteiger partial charge is 0.287 e. The Morgan fingerprint density at radius 2 is 2.07 bits per heavy atom. The van der Waals surface area contributed by atoms with Crippen molar-refractivity contribution in [2.45, 2.75) is 12.6 Å². The van der Waals surface area contributed by atoms with Crippen molar-refractivity contribution in [1.82, 2.24) is 10.2 Å². The second kappa shape index (κ2) is 9.22. The van der Waals surface area contributed by atoms with Crippen LogP contribution in [0.25, 0.3) is 0 Å². The van der Waals surface area contributed by atoms with Crippen LogP contribution in [-0.2, 0) is 6.61 Å². The zero-order chi connectivity index (χ0) is 19.9. The molecule has 1 aromatic carbocycles. The first-order valence-corrected chi connectivity index (χ1v) is 9.65. The van der Waals surface area contributed by atoms with Crippen molar-refractivity contribution >= 4 is 17.2 Å². The van der Waals surface area contributed by atoms with Gasteiger partial charge in [0.2, 0.25) is 0 Å². The molecule has 7 heteroatoms. The Kier molecular flexibility index (Phi) is 6.48. The van der Waals surface area contributed by atoms with Gasteiger partial charge in [-0.1, -0.05) is 18.2 Å². The molecule has 0 saturated carbocycles. The summed E-state index contributed by atoms with van der Waals surface area (Å²) in [5.74, 6) is 0.959. The largest absolute Gasteiger partial charge is 0.484 e. The average Bonchev–Trinajstić information content (AvgIpc) is 3.38. The number of furan rings is 1. The monoisotopic (exact) mass is 395 g/mol. The lowest BCUT2D eigenvalue weighted by Crippen LogP contribution is -2.34. The van der Waals surface area contributed by atoms with Crippen molar-refractivity contribution in [2.24, 2.45) is 0 Å². The number of thiophene rings is 1. The third-order valence-electron chi connectivity index (χ3n) is 4.21. The van der Waals surface area contributed by atoms with Crippen LogP contribution in [0.4, 0.5) is 0 Å². The third kappa shape index (κ3) is 4.80. The minimum atomic E-state index is -0.271. The van der Waals surface area contributed by atoms with Gasteiger partial charge >= 0.3 is 0 Å². The molecule has 0 bridgehead atoms. The van der Waals surface area contributed by atoms with Crippen LogP contribution in [0, 0.1) is 11.3 Å². The van der Waals surface area contributed by atoms with Crippen molar-refractivity contribution < 1.29 is 13.9 Å². The minimum absolute atomic E-state index is 0.101. The Balaban J connectivity index is 1.57. The maximum absolute atomic E-state index is 12.4. The number of likely N-dealkylation sites (N-methyl/N-ethyl adjacent to an activating group) is 1. The highest BCUT2D eigenvalue weighted by atomic mass is 32.1. The lowest BCUT2D eigenvalue weighted by Gasteiger charge is -2.23. The average molecular weight is 395 g/mol. The number of benzene rings is 1. The molecule has 6 nitrogen and oxygen atoms in total. The highest BCUT2D eigenvalue weighted by Gasteiger charge is 2.18. The van der Waals surface area contributed by atoms with Crippen LogP contribution in [0.5, 0.6) is 5.75 Å². The number of hydrogen-bond donors (Lipinski definition) is 1. The number of amides is 1. The van der Waals surface area contributed by atoms with Gasteiger partial charge in [0.25, 0.3) is 5.91 Å². The molecule has 144 valence electrons. The maximum Gasteiger partial charge on any atom is 0.287 e. The van der Waals surface area contributed by atoms with E-state index < -0.39 is 0 Å². The summed E-state index contributed by atoms with van der Waals surface area (Å²) in [6.45, 7) is 0.621. The first-order chi connectivity index (χ1) is 13.6. The molecule has 28 heavy (non-hydrogen) atoms. The topological polar surface area (TPSA) is 78.5 Å². The van der Waals surface area contributed by atoms with Crippen LogP contribution in [-0.4, -0.2) is 31.4 Å². The predicted octanol–water partition coefficient (Wildman–Crippen LogP) is 3.82. The Bertz CT molecular complexity index is 957. The molecule has 0 spiro atoms. The lowest BCUT2D eigenvalue weighted by molar-refractivity contribution is 0.0910. The van der Waals surface area contributed by atoms with Crippen molar-refractivity contribution in [2.75, 3.05) is 20.6 Å². The molecule has 3 rings (SSSR count). The van der Waals surface area contributed by atoms with Gasteiger partial charge in [0, 0.05) is 11.4 Å². The highest BCUT2D eigenvalue weighted by Crippen LogP contribution is 2.23. The first kappa shape index (κ1) is 19.7. The van der Waals surface area contributed by atoms with E-state index in [1.54, 1.807) is 47.7 Å². The minimum Gasteiger partial charge on any atom is -0.484 e. The van der Waals surface area contributed by atoms with Crippen LogP contribution < -0.4 is 10.1 Å². The molecule has 1 amide bonds. The first-order valence-electron chi connectivity index (χ1n) is 8.77. The van der Waals surface area contributed by atoms with Crippen molar-refractivity contribution in [1.29, 1.82) is 5.26 Å². The van der Waals surface area contributed by atoms with E-state index >= 15 is 0 Å².